The van der Waals surface area contributed by atoms with Gasteiger partial charge in [-0.15, -0.1) is 0 Å². The van der Waals surface area contributed by atoms with Crippen LogP contribution in [0.5, 0.6) is 6.08 Å². The summed E-state index contributed by atoms with van der Waals surface area (Å²) < 4.78 is 10.3. The van der Waals surface area contributed by atoms with Crippen molar-refractivity contribution in [2.45, 2.75) is 39.4 Å². The zero-order valence-corrected chi connectivity index (χ0v) is 7.99. The number of aliphatic hydroxyl groups excluding tert-OH is 1. The Balaban J connectivity index is 2.44. The summed E-state index contributed by atoms with van der Waals surface area (Å²) in [5, 5.41) is 8.71. The van der Waals surface area contributed by atoms with Crippen molar-refractivity contribution in [2.24, 2.45) is 0 Å². The van der Waals surface area contributed by atoms with Gasteiger partial charge in [0.05, 0.1) is 6.61 Å². The van der Waals surface area contributed by atoms with Gasteiger partial charge in [-0.25, -0.2) is 0 Å². The lowest BCUT2D eigenvalue weighted by Crippen LogP contribution is -2.11. The highest BCUT2D eigenvalue weighted by molar-refractivity contribution is 4.98. The van der Waals surface area contributed by atoms with Crippen molar-refractivity contribution >= 4 is 0 Å². The minimum atomic E-state index is -0.116. The van der Waals surface area contributed by atoms with Crippen LogP contribution in [0.3, 0.4) is 0 Å². The van der Waals surface area contributed by atoms with Gasteiger partial charge in [0.25, 0.3) is 0 Å². The van der Waals surface area contributed by atoms with E-state index >= 15 is 0 Å². The number of aliphatic hydroxyl groups is 1. The molecule has 0 saturated carbocycles. The van der Waals surface area contributed by atoms with Gasteiger partial charge in [0.1, 0.15) is 18.1 Å². The predicted molar refractivity (Wildman–Crippen MR) is 47.4 cm³/mol. The molecule has 0 bridgehead atoms. The molecule has 4 heteroatoms. The molecular formula is C9H15NO3. The number of rotatable bonds is 5. The van der Waals surface area contributed by atoms with Crippen LogP contribution in [0.25, 0.3) is 0 Å². The summed E-state index contributed by atoms with van der Waals surface area (Å²) in [7, 11) is 0. The molecule has 0 fully saturated rings. The third-order valence-corrected chi connectivity index (χ3v) is 1.69. The van der Waals surface area contributed by atoms with E-state index in [1.807, 2.05) is 6.92 Å². The van der Waals surface area contributed by atoms with Crippen molar-refractivity contribution in [1.29, 1.82) is 0 Å². The van der Waals surface area contributed by atoms with Crippen molar-refractivity contribution < 1.29 is 14.3 Å². The Hall–Kier alpha value is -1.03. The molecule has 1 aromatic heterocycles. The predicted octanol–water partition coefficient (Wildman–Crippen LogP) is 1.73. The number of oxazole rings is 1. The monoisotopic (exact) mass is 185 g/mol. The molecule has 0 amide bonds. The average Bonchev–Trinajstić information content (AvgIpc) is 2.52. The molecule has 4 nitrogen and oxygen atoms in total. The van der Waals surface area contributed by atoms with E-state index < -0.39 is 0 Å². The fourth-order valence-electron chi connectivity index (χ4n) is 1.05. The Morgan fingerprint density at radius 3 is 3.00 bits per heavy atom. The summed E-state index contributed by atoms with van der Waals surface area (Å²) in [6.45, 7) is 3.94. The maximum atomic E-state index is 8.71. The highest BCUT2D eigenvalue weighted by Crippen LogP contribution is 2.13. The van der Waals surface area contributed by atoms with Crippen molar-refractivity contribution in [3.05, 3.63) is 12.0 Å². The second-order valence-electron chi connectivity index (χ2n) is 2.98. The highest BCUT2D eigenvalue weighted by Gasteiger charge is 2.08. The molecule has 1 aromatic rings. The molecule has 1 N–H and O–H groups in total. The van der Waals surface area contributed by atoms with E-state index in [1.165, 1.54) is 6.26 Å². The van der Waals surface area contributed by atoms with Gasteiger partial charge in [-0.1, -0.05) is 13.3 Å². The molecule has 0 aromatic carbocycles. The fraction of sp³-hybridized carbons (Fsp3) is 0.667. The maximum Gasteiger partial charge on any atom is 0.394 e. The smallest absolute Gasteiger partial charge is 0.394 e. The van der Waals surface area contributed by atoms with Crippen LogP contribution in [0.15, 0.2) is 10.7 Å². The molecule has 0 radical (unpaired) electrons. The van der Waals surface area contributed by atoms with E-state index in [2.05, 4.69) is 11.9 Å². The van der Waals surface area contributed by atoms with E-state index in [-0.39, 0.29) is 18.8 Å². The van der Waals surface area contributed by atoms with Gasteiger partial charge >= 0.3 is 6.08 Å². The summed E-state index contributed by atoms with van der Waals surface area (Å²) in [5.74, 6) is 0. The van der Waals surface area contributed by atoms with Crippen LogP contribution in [0.2, 0.25) is 0 Å². The second-order valence-corrected chi connectivity index (χ2v) is 2.98. The Labute approximate surface area is 77.5 Å². The zero-order chi connectivity index (χ0) is 9.68. The van der Waals surface area contributed by atoms with Gasteiger partial charge in [-0.05, 0) is 13.3 Å². The Bertz CT molecular complexity index is 247. The lowest BCUT2D eigenvalue weighted by atomic mass is 10.2. The van der Waals surface area contributed by atoms with Crippen molar-refractivity contribution in [3.8, 4) is 6.08 Å². The standard InChI is InChI=1S/C9H15NO3/c1-3-4-7(2)13-9-10-8(5-11)6-12-9/h6-7,11H,3-5H2,1-2H3. The number of aromatic nitrogens is 1. The van der Waals surface area contributed by atoms with Crippen molar-refractivity contribution in [3.63, 3.8) is 0 Å². The number of hydrogen-bond acceptors (Lipinski definition) is 4. The molecule has 13 heavy (non-hydrogen) atoms. The number of ether oxygens (including phenoxy) is 1. The van der Waals surface area contributed by atoms with E-state index in [1.54, 1.807) is 0 Å². The zero-order valence-electron chi connectivity index (χ0n) is 7.99. The Morgan fingerprint density at radius 1 is 1.69 bits per heavy atom. The Morgan fingerprint density at radius 2 is 2.46 bits per heavy atom. The van der Waals surface area contributed by atoms with Crippen LogP contribution < -0.4 is 4.74 Å². The Kier molecular flexibility index (Phi) is 3.76. The summed E-state index contributed by atoms with van der Waals surface area (Å²) in [6.07, 6.45) is 3.78. The first-order valence-electron chi connectivity index (χ1n) is 4.48. The summed E-state index contributed by atoms with van der Waals surface area (Å²) >= 11 is 0. The normalized spacial score (nSPS) is 12.8. The molecule has 0 saturated heterocycles. The SMILES string of the molecule is CCCC(C)Oc1nc(CO)co1. The van der Waals surface area contributed by atoms with Crippen LogP contribution >= 0.6 is 0 Å². The van der Waals surface area contributed by atoms with Crippen molar-refractivity contribution in [1.82, 2.24) is 4.98 Å². The van der Waals surface area contributed by atoms with Crippen LogP contribution in [0.4, 0.5) is 0 Å². The molecule has 1 heterocycles. The van der Waals surface area contributed by atoms with Gasteiger partial charge in [-0.3, -0.25) is 0 Å². The van der Waals surface area contributed by atoms with Gasteiger partial charge < -0.3 is 14.3 Å². The second kappa shape index (κ2) is 4.87. The van der Waals surface area contributed by atoms with Crippen LogP contribution in [-0.4, -0.2) is 16.2 Å². The summed E-state index contributed by atoms with van der Waals surface area (Å²) in [5.41, 5.74) is 0.499. The third kappa shape index (κ3) is 3.06. The van der Waals surface area contributed by atoms with E-state index in [4.69, 9.17) is 14.3 Å². The molecule has 74 valence electrons. The lowest BCUT2D eigenvalue weighted by molar-refractivity contribution is 0.153. The lowest BCUT2D eigenvalue weighted by Gasteiger charge is -2.08. The largest absolute Gasteiger partial charge is 0.447 e. The van der Waals surface area contributed by atoms with E-state index in [9.17, 15) is 0 Å². The molecule has 0 aliphatic rings. The first-order valence-corrected chi connectivity index (χ1v) is 4.48. The van der Waals surface area contributed by atoms with Crippen molar-refractivity contribution in [2.75, 3.05) is 0 Å². The minimum absolute atomic E-state index is 0.107. The topological polar surface area (TPSA) is 55.5 Å². The van der Waals surface area contributed by atoms with Gasteiger partial charge in [-0.2, -0.15) is 4.98 Å². The first kappa shape index (κ1) is 10.1. The number of hydrogen-bond donors (Lipinski definition) is 1. The molecule has 0 aliphatic heterocycles. The molecule has 1 unspecified atom stereocenters. The van der Waals surface area contributed by atoms with E-state index in [0.717, 1.165) is 12.8 Å². The molecule has 1 rings (SSSR count). The quantitative estimate of drug-likeness (QED) is 0.759. The number of nitrogens with zero attached hydrogens (tertiary/aromatic N) is 1. The molecule has 0 spiro atoms. The fourth-order valence-corrected chi connectivity index (χ4v) is 1.05. The van der Waals surface area contributed by atoms with Crippen LogP contribution in [0.1, 0.15) is 32.4 Å². The van der Waals surface area contributed by atoms with Crippen LogP contribution in [0, 0.1) is 0 Å². The summed E-state index contributed by atoms with van der Waals surface area (Å²) in [6, 6.07) is 0. The minimum Gasteiger partial charge on any atom is -0.447 e. The molecule has 1 atom stereocenters. The van der Waals surface area contributed by atoms with Gasteiger partial charge in [0, 0.05) is 0 Å². The van der Waals surface area contributed by atoms with Gasteiger partial charge in [0.2, 0.25) is 0 Å². The maximum absolute atomic E-state index is 8.71. The third-order valence-electron chi connectivity index (χ3n) is 1.69. The average molecular weight is 185 g/mol. The van der Waals surface area contributed by atoms with E-state index in [0.29, 0.717) is 5.69 Å². The van der Waals surface area contributed by atoms with Crippen LogP contribution in [-0.2, 0) is 6.61 Å². The molecule has 0 aliphatic carbocycles. The summed E-state index contributed by atoms with van der Waals surface area (Å²) in [4.78, 5) is 3.91. The molecular weight excluding hydrogens is 170 g/mol. The highest BCUT2D eigenvalue weighted by atomic mass is 16.6. The first-order chi connectivity index (χ1) is 6.26. The van der Waals surface area contributed by atoms with Gasteiger partial charge in [0.15, 0.2) is 0 Å².